The van der Waals surface area contributed by atoms with Crippen LogP contribution in [0.1, 0.15) is 23.0 Å². The summed E-state index contributed by atoms with van der Waals surface area (Å²) in [5, 5.41) is 0.408. The largest absolute Gasteiger partial charge is 0.460 e. The number of Topliss-reactive ketones (excluding diaryl/α,β-unsaturated/α-hetero) is 1. The van der Waals surface area contributed by atoms with E-state index in [-0.39, 0.29) is 17.8 Å². The maximum atomic E-state index is 12.6. The van der Waals surface area contributed by atoms with Crippen molar-refractivity contribution in [2.24, 2.45) is 0 Å². The summed E-state index contributed by atoms with van der Waals surface area (Å²) >= 11 is 0. The first-order valence-electron chi connectivity index (χ1n) is 5.74. The maximum absolute atomic E-state index is 12.6. The minimum absolute atomic E-state index is 0.0447. The highest BCUT2D eigenvalue weighted by atomic mass is 19.4. The van der Waals surface area contributed by atoms with Gasteiger partial charge in [-0.3, -0.25) is 4.79 Å². The van der Waals surface area contributed by atoms with Crippen LogP contribution in [0.3, 0.4) is 0 Å². The lowest BCUT2D eigenvalue weighted by molar-refractivity contribution is -0.138. The summed E-state index contributed by atoms with van der Waals surface area (Å²) in [7, 11) is 0. The van der Waals surface area contributed by atoms with E-state index in [0.717, 1.165) is 12.1 Å². The smallest absolute Gasteiger partial charge is 0.416 e. The van der Waals surface area contributed by atoms with Gasteiger partial charge in [-0.15, -0.1) is 0 Å². The molecule has 0 fully saturated rings. The van der Waals surface area contributed by atoms with Gasteiger partial charge in [0.2, 0.25) is 0 Å². The Morgan fingerprint density at radius 2 is 1.95 bits per heavy atom. The summed E-state index contributed by atoms with van der Waals surface area (Å²) < 4.78 is 42.2. The SMILES string of the molecule is CCOC(=O)C(=O)c1cc2ccc(C(F)(F)F)cc2[nH]1. The van der Waals surface area contributed by atoms with E-state index in [9.17, 15) is 22.8 Å². The first kappa shape index (κ1) is 14.1. The standard InChI is InChI=1S/C13H10F3NO3/c1-2-20-12(19)11(18)10-5-7-3-4-8(13(14,15)16)6-9(7)17-10/h3-6,17H,2H2,1H3. The van der Waals surface area contributed by atoms with E-state index >= 15 is 0 Å². The number of alkyl halides is 3. The molecule has 2 rings (SSSR count). The molecule has 0 amide bonds. The van der Waals surface area contributed by atoms with Gasteiger partial charge in [-0.25, -0.2) is 4.79 Å². The van der Waals surface area contributed by atoms with Crippen LogP contribution in [0, 0.1) is 0 Å². The Labute approximate surface area is 111 Å². The highest BCUT2D eigenvalue weighted by Gasteiger charge is 2.30. The van der Waals surface area contributed by atoms with Gasteiger partial charge in [-0.05, 0) is 25.1 Å². The number of esters is 1. The Kier molecular flexibility index (Phi) is 3.52. The lowest BCUT2D eigenvalue weighted by Gasteiger charge is -2.05. The van der Waals surface area contributed by atoms with Crippen LogP contribution in [0.5, 0.6) is 0 Å². The molecule has 0 saturated carbocycles. The molecule has 0 unspecified atom stereocenters. The fourth-order valence-electron chi connectivity index (χ4n) is 1.73. The average molecular weight is 285 g/mol. The zero-order valence-electron chi connectivity index (χ0n) is 10.4. The number of aromatic amines is 1. The number of nitrogens with one attached hydrogen (secondary N) is 1. The van der Waals surface area contributed by atoms with Gasteiger partial charge in [0.1, 0.15) is 0 Å². The molecule has 1 heterocycles. The first-order chi connectivity index (χ1) is 9.32. The number of ketones is 1. The van der Waals surface area contributed by atoms with Crippen molar-refractivity contribution in [2.75, 3.05) is 6.61 Å². The zero-order chi connectivity index (χ0) is 14.9. The second-order valence-electron chi connectivity index (χ2n) is 4.03. The van der Waals surface area contributed by atoms with E-state index < -0.39 is 23.5 Å². The monoisotopic (exact) mass is 285 g/mol. The number of benzene rings is 1. The Hall–Kier alpha value is -2.31. The third-order valence-electron chi connectivity index (χ3n) is 2.66. The minimum atomic E-state index is -4.47. The van der Waals surface area contributed by atoms with Crippen molar-refractivity contribution in [3.8, 4) is 0 Å². The Bertz CT molecular complexity index is 673. The van der Waals surface area contributed by atoms with Crippen LogP contribution in [0.4, 0.5) is 13.2 Å². The minimum Gasteiger partial charge on any atom is -0.460 e. The Morgan fingerprint density at radius 1 is 1.25 bits per heavy atom. The van der Waals surface area contributed by atoms with Crippen molar-refractivity contribution >= 4 is 22.7 Å². The normalized spacial score (nSPS) is 11.6. The third-order valence-corrected chi connectivity index (χ3v) is 2.66. The van der Waals surface area contributed by atoms with E-state index in [1.807, 2.05) is 0 Å². The molecule has 2 aromatic rings. The Balaban J connectivity index is 2.39. The van der Waals surface area contributed by atoms with Crippen molar-refractivity contribution < 1.29 is 27.5 Å². The van der Waals surface area contributed by atoms with Gasteiger partial charge < -0.3 is 9.72 Å². The van der Waals surface area contributed by atoms with Crippen LogP contribution in [0.15, 0.2) is 24.3 Å². The number of rotatable bonds is 3. The second kappa shape index (κ2) is 4.99. The predicted molar refractivity (Wildman–Crippen MR) is 64.3 cm³/mol. The van der Waals surface area contributed by atoms with Gasteiger partial charge in [0, 0.05) is 10.9 Å². The number of fused-ring (bicyclic) bond motifs is 1. The van der Waals surface area contributed by atoms with Crippen molar-refractivity contribution in [1.29, 1.82) is 0 Å². The van der Waals surface area contributed by atoms with E-state index in [0.29, 0.717) is 5.39 Å². The lowest BCUT2D eigenvalue weighted by atomic mass is 10.1. The van der Waals surface area contributed by atoms with E-state index in [1.165, 1.54) is 12.1 Å². The van der Waals surface area contributed by atoms with Gasteiger partial charge in [-0.2, -0.15) is 13.2 Å². The molecule has 0 saturated heterocycles. The summed E-state index contributed by atoms with van der Waals surface area (Å²) in [6, 6.07) is 4.34. The molecule has 0 radical (unpaired) electrons. The summed E-state index contributed by atoms with van der Waals surface area (Å²) in [6.45, 7) is 1.59. The predicted octanol–water partition coefficient (Wildman–Crippen LogP) is 2.93. The van der Waals surface area contributed by atoms with E-state index in [4.69, 9.17) is 0 Å². The molecule has 7 heteroatoms. The van der Waals surface area contributed by atoms with Crippen molar-refractivity contribution in [1.82, 2.24) is 4.98 Å². The summed E-state index contributed by atoms with van der Waals surface area (Å²) in [5.74, 6) is -1.97. The summed E-state index contributed by atoms with van der Waals surface area (Å²) in [6.07, 6.45) is -4.47. The van der Waals surface area contributed by atoms with Crippen LogP contribution in [0.25, 0.3) is 10.9 Å². The molecule has 1 aromatic carbocycles. The number of carbonyl (C=O) groups excluding carboxylic acids is 2. The fourth-order valence-corrected chi connectivity index (χ4v) is 1.73. The molecule has 0 bridgehead atoms. The first-order valence-corrected chi connectivity index (χ1v) is 5.74. The molecule has 4 nitrogen and oxygen atoms in total. The summed E-state index contributed by atoms with van der Waals surface area (Å²) in [5.41, 5.74) is -0.799. The van der Waals surface area contributed by atoms with Crippen LogP contribution in [-0.4, -0.2) is 23.3 Å². The second-order valence-corrected chi connectivity index (χ2v) is 4.03. The van der Waals surface area contributed by atoms with Crippen molar-refractivity contribution in [2.45, 2.75) is 13.1 Å². The van der Waals surface area contributed by atoms with E-state index in [1.54, 1.807) is 6.92 Å². The summed E-state index contributed by atoms with van der Waals surface area (Å²) in [4.78, 5) is 25.4. The molecular formula is C13H10F3NO3. The molecule has 0 aliphatic rings. The average Bonchev–Trinajstić information content (AvgIpc) is 2.79. The number of carbonyl (C=O) groups is 2. The highest BCUT2D eigenvalue weighted by Crippen LogP contribution is 2.31. The quantitative estimate of drug-likeness (QED) is 0.536. The van der Waals surface area contributed by atoms with Gasteiger partial charge in [-0.1, -0.05) is 6.07 Å². The molecule has 0 aliphatic heterocycles. The number of H-pyrrole nitrogens is 1. The van der Waals surface area contributed by atoms with E-state index in [2.05, 4.69) is 9.72 Å². The highest BCUT2D eigenvalue weighted by molar-refractivity contribution is 6.40. The van der Waals surface area contributed by atoms with Gasteiger partial charge in [0.05, 0.1) is 17.9 Å². The molecule has 0 spiro atoms. The number of hydrogen-bond donors (Lipinski definition) is 1. The third kappa shape index (κ3) is 2.66. The number of aromatic nitrogens is 1. The van der Waals surface area contributed by atoms with Crippen molar-refractivity contribution in [3.63, 3.8) is 0 Å². The molecule has 1 aromatic heterocycles. The van der Waals surface area contributed by atoms with Gasteiger partial charge >= 0.3 is 12.1 Å². The number of hydrogen-bond acceptors (Lipinski definition) is 3. The number of ether oxygens (including phenoxy) is 1. The van der Waals surface area contributed by atoms with Crippen LogP contribution >= 0.6 is 0 Å². The molecular weight excluding hydrogens is 275 g/mol. The fraction of sp³-hybridized carbons (Fsp3) is 0.231. The maximum Gasteiger partial charge on any atom is 0.416 e. The van der Waals surface area contributed by atoms with Crippen LogP contribution in [-0.2, 0) is 15.7 Å². The lowest BCUT2D eigenvalue weighted by Crippen LogP contribution is -2.17. The molecule has 0 aliphatic carbocycles. The van der Waals surface area contributed by atoms with Crippen LogP contribution in [0.2, 0.25) is 0 Å². The number of halogens is 3. The molecule has 20 heavy (non-hydrogen) atoms. The molecule has 1 N–H and O–H groups in total. The van der Waals surface area contributed by atoms with Crippen molar-refractivity contribution in [3.05, 3.63) is 35.5 Å². The molecule has 106 valence electrons. The van der Waals surface area contributed by atoms with Gasteiger partial charge in [0.15, 0.2) is 0 Å². The van der Waals surface area contributed by atoms with Crippen LogP contribution < -0.4 is 0 Å². The van der Waals surface area contributed by atoms with Gasteiger partial charge in [0.25, 0.3) is 5.78 Å². The Morgan fingerprint density at radius 3 is 2.55 bits per heavy atom. The zero-order valence-corrected chi connectivity index (χ0v) is 10.4. The molecule has 0 atom stereocenters. The topological polar surface area (TPSA) is 59.2 Å².